The SMILES string of the molecule is CSc1nn(CSc2nc3ccsc3c(=O)n2CCCN2CCOCC2)c(=S)s1. The zero-order valence-electron chi connectivity index (χ0n) is 15.9. The van der Waals surface area contributed by atoms with Gasteiger partial charge in [-0.3, -0.25) is 14.3 Å². The molecular weight excluding hydrogens is 467 g/mol. The molecule has 0 bridgehead atoms. The van der Waals surface area contributed by atoms with Crippen molar-refractivity contribution in [2.45, 2.75) is 28.3 Å². The fraction of sp³-hybridized carbons (Fsp3) is 0.529. The molecule has 3 aromatic heterocycles. The summed E-state index contributed by atoms with van der Waals surface area (Å²) in [6, 6.07) is 1.91. The maximum absolute atomic E-state index is 13.1. The van der Waals surface area contributed by atoms with Gasteiger partial charge in [0, 0.05) is 26.2 Å². The van der Waals surface area contributed by atoms with Gasteiger partial charge in [0.25, 0.3) is 5.56 Å². The van der Waals surface area contributed by atoms with Gasteiger partial charge in [0.2, 0.25) is 0 Å². The average molecular weight is 488 g/mol. The minimum atomic E-state index is 0.0427. The Bertz CT molecular complexity index is 1080. The highest BCUT2D eigenvalue weighted by Gasteiger charge is 2.15. The molecule has 7 nitrogen and oxygen atoms in total. The molecule has 4 rings (SSSR count). The van der Waals surface area contributed by atoms with Gasteiger partial charge >= 0.3 is 0 Å². The summed E-state index contributed by atoms with van der Waals surface area (Å²) < 4.78 is 11.4. The first-order chi connectivity index (χ1) is 14.2. The van der Waals surface area contributed by atoms with Gasteiger partial charge in [-0.05, 0) is 36.3 Å². The largest absolute Gasteiger partial charge is 0.379 e. The number of thioether (sulfide) groups is 2. The number of hydrogen-bond acceptors (Lipinski definition) is 10. The summed E-state index contributed by atoms with van der Waals surface area (Å²) in [6.45, 7) is 5.10. The lowest BCUT2D eigenvalue weighted by Crippen LogP contribution is -2.37. The number of morpholine rings is 1. The van der Waals surface area contributed by atoms with E-state index in [0.717, 1.165) is 62.9 Å². The molecule has 12 heteroatoms. The smallest absolute Gasteiger partial charge is 0.272 e. The summed E-state index contributed by atoms with van der Waals surface area (Å²) in [5.74, 6) is 0.543. The number of aromatic nitrogens is 4. The number of nitrogens with zero attached hydrogens (tertiary/aromatic N) is 5. The molecule has 1 saturated heterocycles. The van der Waals surface area contributed by atoms with E-state index in [2.05, 4.69) is 10.00 Å². The van der Waals surface area contributed by atoms with Gasteiger partial charge < -0.3 is 4.74 Å². The highest BCUT2D eigenvalue weighted by atomic mass is 32.2. The maximum Gasteiger partial charge on any atom is 0.272 e. The Balaban J connectivity index is 1.52. The first-order valence-corrected chi connectivity index (χ1v) is 13.5. The molecule has 4 heterocycles. The van der Waals surface area contributed by atoms with Crippen LogP contribution < -0.4 is 5.56 Å². The predicted molar refractivity (Wildman–Crippen MR) is 124 cm³/mol. The Hall–Kier alpha value is -0.760. The summed E-state index contributed by atoms with van der Waals surface area (Å²) in [4.78, 5) is 20.2. The van der Waals surface area contributed by atoms with Gasteiger partial charge in [-0.1, -0.05) is 34.9 Å². The number of ether oxygens (including phenoxy) is 1. The van der Waals surface area contributed by atoms with Gasteiger partial charge in [-0.25, -0.2) is 9.67 Å². The van der Waals surface area contributed by atoms with Gasteiger partial charge in [-0.2, -0.15) is 5.10 Å². The molecule has 1 fully saturated rings. The average Bonchev–Trinajstić information content (AvgIpc) is 3.35. The van der Waals surface area contributed by atoms with Crippen LogP contribution in [0.4, 0.5) is 0 Å². The molecule has 0 amide bonds. The predicted octanol–water partition coefficient (Wildman–Crippen LogP) is 3.64. The molecule has 0 atom stereocenters. The maximum atomic E-state index is 13.1. The summed E-state index contributed by atoms with van der Waals surface area (Å²) in [7, 11) is 0. The molecule has 156 valence electrons. The van der Waals surface area contributed by atoms with Crippen LogP contribution in [-0.2, 0) is 17.2 Å². The van der Waals surface area contributed by atoms with E-state index in [1.54, 1.807) is 16.4 Å². The summed E-state index contributed by atoms with van der Waals surface area (Å²) >= 11 is 11.5. The molecule has 0 unspecified atom stereocenters. The normalized spacial score (nSPS) is 15.3. The zero-order valence-corrected chi connectivity index (χ0v) is 20.0. The fourth-order valence-electron chi connectivity index (χ4n) is 3.08. The Kier molecular flexibility index (Phi) is 7.43. The lowest BCUT2D eigenvalue weighted by Gasteiger charge is -2.26. The molecule has 29 heavy (non-hydrogen) atoms. The van der Waals surface area contributed by atoms with Crippen LogP contribution >= 0.6 is 58.4 Å². The first-order valence-electron chi connectivity index (χ1n) is 9.18. The van der Waals surface area contributed by atoms with Gasteiger partial charge in [0.05, 0.1) is 24.6 Å². The van der Waals surface area contributed by atoms with Crippen molar-refractivity contribution in [2.75, 3.05) is 39.1 Å². The summed E-state index contributed by atoms with van der Waals surface area (Å²) in [5, 5.41) is 7.16. The molecular formula is C17H21N5O2S5. The Morgan fingerprint density at radius 3 is 2.90 bits per heavy atom. The molecule has 0 radical (unpaired) electrons. The van der Waals surface area contributed by atoms with E-state index in [0.29, 0.717) is 12.4 Å². The van der Waals surface area contributed by atoms with Crippen LogP contribution in [0, 0.1) is 3.95 Å². The number of fused-ring (bicyclic) bond motifs is 1. The molecule has 1 aliphatic heterocycles. The lowest BCUT2D eigenvalue weighted by atomic mass is 10.3. The molecule has 3 aromatic rings. The van der Waals surface area contributed by atoms with Crippen LogP contribution in [-0.4, -0.2) is 63.3 Å². The highest BCUT2D eigenvalue weighted by molar-refractivity contribution is 8.00. The number of hydrogen-bond donors (Lipinski definition) is 0. The summed E-state index contributed by atoms with van der Waals surface area (Å²) in [5.41, 5.74) is 0.805. The first kappa shape index (κ1) is 21.5. The molecule has 0 aromatic carbocycles. The Morgan fingerprint density at radius 1 is 1.31 bits per heavy atom. The summed E-state index contributed by atoms with van der Waals surface area (Å²) in [6.07, 6.45) is 2.89. The van der Waals surface area contributed by atoms with E-state index in [1.807, 2.05) is 22.3 Å². The quantitative estimate of drug-likeness (QED) is 0.271. The monoisotopic (exact) mass is 487 g/mol. The van der Waals surface area contributed by atoms with E-state index in [4.69, 9.17) is 21.9 Å². The van der Waals surface area contributed by atoms with Gasteiger partial charge in [0.1, 0.15) is 4.70 Å². The van der Waals surface area contributed by atoms with E-state index in [9.17, 15) is 4.79 Å². The van der Waals surface area contributed by atoms with Gasteiger partial charge in [0.15, 0.2) is 13.5 Å². The van der Waals surface area contributed by atoms with Gasteiger partial charge in [-0.15, -0.1) is 11.3 Å². The standard InChI is InChI=1S/C17H21N5O2S5/c1-26-16-19-22(17(25)29-16)11-28-15-18-12-3-10-27-13(12)14(23)21(15)5-2-4-20-6-8-24-9-7-20/h3,10H,2,4-9,11H2,1H3. The second kappa shape index (κ2) is 10.0. The van der Waals surface area contributed by atoms with Crippen LogP contribution in [0.2, 0.25) is 0 Å². The highest BCUT2D eigenvalue weighted by Crippen LogP contribution is 2.25. The Morgan fingerprint density at radius 2 is 2.14 bits per heavy atom. The minimum absolute atomic E-state index is 0.0427. The van der Waals surface area contributed by atoms with Crippen molar-refractivity contribution in [3.8, 4) is 0 Å². The molecule has 0 spiro atoms. The van der Waals surface area contributed by atoms with Crippen LogP contribution in [0.1, 0.15) is 6.42 Å². The number of thiophene rings is 1. The lowest BCUT2D eigenvalue weighted by molar-refractivity contribution is 0.0368. The Labute approximate surface area is 190 Å². The minimum Gasteiger partial charge on any atom is -0.379 e. The topological polar surface area (TPSA) is 65.2 Å². The van der Waals surface area contributed by atoms with Crippen molar-refractivity contribution in [3.05, 3.63) is 25.8 Å². The zero-order chi connectivity index (χ0) is 20.2. The van der Waals surface area contributed by atoms with Crippen molar-refractivity contribution in [1.82, 2.24) is 24.2 Å². The second-order valence-corrected chi connectivity index (χ2v) is 10.9. The van der Waals surface area contributed by atoms with Crippen molar-refractivity contribution in [1.29, 1.82) is 0 Å². The molecule has 0 saturated carbocycles. The third-order valence-electron chi connectivity index (χ3n) is 4.57. The van der Waals surface area contributed by atoms with Crippen molar-refractivity contribution >= 4 is 68.6 Å². The third kappa shape index (κ3) is 5.12. The number of rotatable bonds is 8. The van der Waals surface area contributed by atoms with Crippen molar-refractivity contribution < 1.29 is 4.74 Å². The molecule has 0 aliphatic carbocycles. The molecule has 0 N–H and O–H groups in total. The second-order valence-electron chi connectivity index (χ2n) is 6.40. The van der Waals surface area contributed by atoms with E-state index < -0.39 is 0 Å². The van der Waals surface area contributed by atoms with E-state index in [1.165, 1.54) is 34.4 Å². The van der Waals surface area contributed by atoms with Crippen LogP contribution in [0.15, 0.2) is 25.7 Å². The van der Waals surface area contributed by atoms with Crippen LogP contribution in [0.25, 0.3) is 10.2 Å². The van der Waals surface area contributed by atoms with Crippen molar-refractivity contribution in [3.63, 3.8) is 0 Å². The van der Waals surface area contributed by atoms with Crippen LogP contribution in [0.3, 0.4) is 0 Å². The van der Waals surface area contributed by atoms with Crippen molar-refractivity contribution in [2.24, 2.45) is 0 Å². The molecule has 1 aliphatic rings. The van der Waals surface area contributed by atoms with Crippen LogP contribution in [0.5, 0.6) is 0 Å². The van der Waals surface area contributed by atoms with E-state index in [-0.39, 0.29) is 5.56 Å². The third-order valence-corrected chi connectivity index (χ3v) is 8.69. The fourth-order valence-corrected chi connectivity index (χ4v) is 6.69. The van der Waals surface area contributed by atoms with E-state index >= 15 is 0 Å².